The van der Waals surface area contributed by atoms with E-state index in [0.717, 1.165) is 5.56 Å². The highest BCUT2D eigenvalue weighted by atomic mass is 16.5. The van der Waals surface area contributed by atoms with E-state index < -0.39 is 0 Å². The van der Waals surface area contributed by atoms with Crippen molar-refractivity contribution < 1.29 is 14.6 Å². The lowest BCUT2D eigenvalue weighted by atomic mass is 10.2. The van der Waals surface area contributed by atoms with E-state index in [9.17, 15) is 4.79 Å². The second-order valence-electron chi connectivity index (χ2n) is 2.98. The van der Waals surface area contributed by atoms with Gasteiger partial charge in [-0.05, 0) is 17.7 Å². The van der Waals surface area contributed by atoms with Gasteiger partial charge in [-0.15, -0.1) is 12.3 Å². The normalized spacial score (nSPS) is 9.33. The van der Waals surface area contributed by atoms with Gasteiger partial charge in [-0.25, -0.2) is 0 Å². The van der Waals surface area contributed by atoms with E-state index in [1.807, 2.05) is 0 Å². The molecular formula is C12H12O3. The van der Waals surface area contributed by atoms with Gasteiger partial charge in [-0.2, -0.15) is 0 Å². The van der Waals surface area contributed by atoms with Gasteiger partial charge in [0.2, 0.25) is 0 Å². The zero-order valence-electron chi connectivity index (χ0n) is 8.27. The van der Waals surface area contributed by atoms with Crippen molar-refractivity contribution in [2.24, 2.45) is 0 Å². The van der Waals surface area contributed by atoms with Crippen LogP contribution < -0.4 is 4.74 Å². The highest BCUT2D eigenvalue weighted by Gasteiger charge is 2.03. The van der Waals surface area contributed by atoms with Crippen LogP contribution >= 0.6 is 0 Å². The summed E-state index contributed by atoms with van der Waals surface area (Å²) in [7, 11) is 0. The molecule has 0 saturated heterocycles. The summed E-state index contributed by atoms with van der Waals surface area (Å²) in [5.41, 5.74) is 0.776. The largest absolute Gasteiger partial charge is 0.427 e. The molecule has 0 radical (unpaired) electrons. The maximum atomic E-state index is 11.2. The van der Waals surface area contributed by atoms with Crippen molar-refractivity contribution in [2.45, 2.75) is 19.4 Å². The summed E-state index contributed by atoms with van der Waals surface area (Å²) >= 11 is 0. The number of benzene rings is 1. The molecule has 0 fully saturated rings. The van der Waals surface area contributed by atoms with Crippen LogP contribution in [0.25, 0.3) is 0 Å². The number of rotatable bonds is 4. The number of terminal acetylenes is 1. The molecular weight excluding hydrogens is 192 g/mol. The van der Waals surface area contributed by atoms with E-state index in [4.69, 9.17) is 16.3 Å². The summed E-state index contributed by atoms with van der Waals surface area (Å²) in [5, 5.41) is 8.80. The molecule has 0 aromatic heterocycles. The molecule has 1 aromatic carbocycles. The molecule has 0 heterocycles. The quantitative estimate of drug-likeness (QED) is 0.459. The number of carbonyl (C=O) groups excluding carboxylic acids is 1. The number of carbonyl (C=O) groups is 1. The lowest BCUT2D eigenvalue weighted by molar-refractivity contribution is -0.134. The van der Waals surface area contributed by atoms with Crippen molar-refractivity contribution in [3.8, 4) is 18.1 Å². The van der Waals surface area contributed by atoms with Crippen molar-refractivity contribution in [3.63, 3.8) is 0 Å². The number of aliphatic hydroxyl groups is 1. The van der Waals surface area contributed by atoms with Gasteiger partial charge in [0.1, 0.15) is 5.75 Å². The van der Waals surface area contributed by atoms with Crippen molar-refractivity contribution in [1.29, 1.82) is 0 Å². The Kier molecular flexibility index (Phi) is 4.39. The molecule has 1 aromatic rings. The van der Waals surface area contributed by atoms with E-state index >= 15 is 0 Å². The summed E-state index contributed by atoms with van der Waals surface area (Å²) in [4.78, 5) is 11.2. The number of ether oxygens (including phenoxy) is 1. The van der Waals surface area contributed by atoms with Gasteiger partial charge in [0.05, 0.1) is 13.0 Å². The Balaban J connectivity index is 2.50. The average Bonchev–Trinajstić information content (AvgIpc) is 2.27. The molecule has 78 valence electrons. The van der Waals surface area contributed by atoms with Crippen LogP contribution in [0.4, 0.5) is 0 Å². The van der Waals surface area contributed by atoms with Gasteiger partial charge in [0.15, 0.2) is 0 Å². The van der Waals surface area contributed by atoms with Gasteiger partial charge in [0.25, 0.3) is 0 Å². The summed E-state index contributed by atoms with van der Waals surface area (Å²) in [6, 6.07) is 6.67. The first-order valence-corrected chi connectivity index (χ1v) is 4.60. The van der Waals surface area contributed by atoms with Gasteiger partial charge >= 0.3 is 5.97 Å². The van der Waals surface area contributed by atoms with Crippen LogP contribution in [0.1, 0.15) is 18.4 Å². The number of hydrogen-bond donors (Lipinski definition) is 1. The Morgan fingerprint density at radius 2 is 2.07 bits per heavy atom. The molecule has 0 atom stereocenters. The van der Waals surface area contributed by atoms with E-state index in [1.165, 1.54) is 0 Å². The fraction of sp³-hybridized carbons (Fsp3) is 0.250. The molecule has 3 nitrogen and oxygen atoms in total. The second kappa shape index (κ2) is 5.84. The third-order valence-corrected chi connectivity index (χ3v) is 1.81. The van der Waals surface area contributed by atoms with E-state index in [-0.39, 0.29) is 19.0 Å². The Labute approximate surface area is 88.7 Å². The van der Waals surface area contributed by atoms with Gasteiger partial charge < -0.3 is 9.84 Å². The van der Waals surface area contributed by atoms with Crippen LogP contribution in [0.5, 0.6) is 5.75 Å². The van der Waals surface area contributed by atoms with Crippen LogP contribution in [0.15, 0.2) is 24.3 Å². The van der Waals surface area contributed by atoms with Crippen molar-refractivity contribution in [1.82, 2.24) is 0 Å². The van der Waals surface area contributed by atoms with E-state index in [1.54, 1.807) is 24.3 Å². The molecule has 0 aliphatic rings. The molecule has 0 amide bonds. The summed E-state index contributed by atoms with van der Waals surface area (Å²) in [6.07, 6.45) is 5.63. The Morgan fingerprint density at radius 1 is 1.40 bits per heavy atom. The summed E-state index contributed by atoms with van der Waals surface area (Å²) < 4.78 is 5.00. The molecule has 1 rings (SSSR count). The topological polar surface area (TPSA) is 46.5 Å². The summed E-state index contributed by atoms with van der Waals surface area (Å²) in [5.74, 6) is 2.49. The monoisotopic (exact) mass is 204 g/mol. The first-order valence-electron chi connectivity index (χ1n) is 4.60. The van der Waals surface area contributed by atoms with Gasteiger partial charge in [0, 0.05) is 6.42 Å². The minimum atomic E-state index is -0.343. The predicted molar refractivity (Wildman–Crippen MR) is 56.1 cm³/mol. The number of hydrogen-bond acceptors (Lipinski definition) is 3. The maximum absolute atomic E-state index is 11.2. The van der Waals surface area contributed by atoms with E-state index in [0.29, 0.717) is 12.2 Å². The third kappa shape index (κ3) is 3.84. The lowest BCUT2D eigenvalue weighted by Crippen LogP contribution is -2.06. The predicted octanol–water partition coefficient (Wildman–Crippen LogP) is 1.50. The molecule has 0 saturated carbocycles. The first-order chi connectivity index (χ1) is 7.26. The standard InChI is InChI=1S/C12H12O3/c1-2-3-4-12(14)15-11-7-5-10(9-13)6-8-11/h1,5-8,13H,3-4,9H2. The zero-order chi connectivity index (χ0) is 11.1. The van der Waals surface area contributed by atoms with Crippen LogP contribution in [0, 0.1) is 12.3 Å². The number of esters is 1. The molecule has 15 heavy (non-hydrogen) atoms. The van der Waals surface area contributed by atoms with E-state index in [2.05, 4.69) is 5.92 Å². The highest BCUT2D eigenvalue weighted by molar-refractivity contribution is 5.72. The van der Waals surface area contributed by atoms with Crippen molar-refractivity contribution in [2.75, 3.05) is 0 Å². The van der Waals surface area contributed by atoms with Gasteiger partial charge in [-0.3, -0.25) is 4.79 Å². The van der Waals surface area contributed by atoms with Crippen LogP contribution in [-0.4, -0.2) is 11.1 Å². The number of aliphatic hydroxyl groups excluding tert-OH is 1. The SMILES string of the molecule is C#CCCC(=O)Oc1ccc(CO)cc1. The Bertz CT molecular complexity index is 359. The first kappa shape index (κ1) is 11.3. The smallest absolute Gasteiger partial charge is 0.312 e. The van der Waals surface area contributed by atoms with Crippen LogP contribution in [-0.2, 0) is 11.4 Å². The highest BCUT2D eigenvalue weighted by Crippen LogP contribution is 2.12. The van der Waals surface area contributed by atoms with Gasteiger partial charge in [-0.1, -0.05) is 12.1 Å². The fourth-order valence-corrected chi connectivity index (χ4v) is 1.02. The Hall–Kier alpha value is -1.79. The zero-order valence-corrected chi connectivity index (χ0v) is 8.27. The molecule has 0 spiro atoms. The van der Waals surface area contributed by atoms with Crippen molar-refractivity contribution >= 4 is 5.97 Å². The molecule has 0 bridgehead atoms. The maximum Gasteiger partial charge on any atom is 0.312 e. The molecule has 1 N–H and O–H groups in total. The Morgan fingerprint density at radius 3 is 2.60 bits per heavy atom. The van der Waals surface area contributed by atoms with Crippen molar-refractivity contribution in [3.05, 3.63) is 29.8 Å². The second-order valence-corrected chi connectivity index (χ2v) is 2.98. The van der Waals surface area contributed by atoms with Crippen LogP contribution in [0.2, 0.25) is 0 Å². The molecule has 0 unspecified atom stereocenters. The molecule has 0 aliphatic carbocycles. The minimum Gasteiger partial charge on any atom is -0.427 e. The minimum absolute atomic E-state index is 0.0225. The molecule has 3 heteroatoms. The van der Waals surface area contributed by atoms with Crippen LogP contribution in [0.3, 0.4) is 0 Å². The third-order valence-electron chi connectivity index (χ3n) is 1.81. The summed E-state index contributed by atoms with van der Waals surface area (Å²) in [6.45, 7) is -0.0225. The molecule has 0 aliphatic heterocycles. The lowest BCUT2D eigenvalue weighted by Gasteiger charge is -2.03. The average molecular weight is 204 g/mol. The fourth-order valence-electron chi connectivity index (χ4n) is 1.02.